The van der Waals surface area contributed by atoms with E-state index in [0.717, 1.165) is 0 Å². The summed E-state index contributed by atoms with van der Waals surface area (Å²) in [5.74, 6) is 0. The van der Waals surface area contributed by atoms with Crippen LogP contribution in [0.25, 0.3) is 0 Å². The van der Waals surface area contributed by atoms with Crippen LogP contribution in [0, 0.1) is 0 Å². The number of benzene rings is 2. The predicted octanol–water partition coefficient (Wildman–Crippen LogP) is 5.42. The molecule has 0 aliphatic rings. The van der Waals surface area contributed by atoms with Crippen molar-refractivity contribution in [1.82, 2.24) is 0 Å². The SMILES string of the molecule is CCCCC[C@@H](Nc1ccccc1)c1ccccc1. The first-order valence-corrected chi connectivity index (χ1v) is 7.26. The molecule has 0 fully saturated rings. The summed E-state index contributed by atoms with van der Waals surface area (Å²) in [6, 6.07) is 21.6. The molecule has 0 saturated heterocycles. The predicted molar refractivity (Wildman–Crippen MR) is 83.4 cm³/mol. The van der Waals surface area contributed by atoms with Gasteiger partial charge >= 0.3 is 0 Å². The van der Waals surface area contributed by atoms with Crippen molar-refractivity contribution < 1.29 is 0 Å². The Kier molecular flexibility index (Phi) is 5.49. The summed E-state index contributed by atoms with van der Waals surface area (Å²) in [5.41, 5.74) is 2.58. The van der Waals surface area contributed by atoms with Crippen molar-refractivity contribution in [2.75, 3.05) is 5.32 Å². The van der Waals surface area contributed by atoms with E-state index in [2.05, 4.69) is 72.9 Å². The first kappa shape index (κ1) is 13.7. The highest BCUT2D eigenvalue weighted by Gasteiger charge is 2.10. The second-order valence-corrected chi connectivity index (χ2v) is 4.97. The van der Waals surface area contributed by atoms with Crippen molar-refractivity contribution in [1.29, 1.82) is 0 Å². The first-order chi connectivity index (χ1) is 9.40. The molecule has 0 aliphatic carbocycles. The summed E-state index contributed by atoms with van der Waals surface area (Å²) in [6.45, 7) is 2.25. The lowest BCUT2D eigenvalue weighted by atomic mass is 10.00. The highest BCUT2D eigenvalue weighted by Crippen LogP contribution is 2.24. The maximum absolute atomic E-state index is 3.65. The number of unbranched alkanes of at least 4 members (excludes halogenated alkanes) is 2. The molecule has 0 spiro atoms. The number of hydrogen-bond donors (Lipinski definition) is 1. The van der Waals surface area contributed by atoms with E-state index in [1.807, 2.05) is 0 Å². The van der Waals surface area contributed by atoms with Crippen LogP contribution in [0.15, 0.2) is 60.7 Å². The molecule has 0 aromatic heterocycles. The molecule has 2 aromatic rings. The van der Waals surface area contributed by atoms with Gasteiger partial charge in [0.1, 0.15) is 0 Å². The van der Waals surface area contributed by atoms with Crippen LogP contribution in [0.2, 0.25) is 0 Å². The molecular weight excluding hydrogens is 230 g/mol. The number of hydrogen-bond acceptors (Lipinski definition) is 1. The van der Waals surface area contributed by atoms with Gasteiger partial charge in [-0.3, -0.25) is 0 Å². The molecule has 0 radical (unpaired) electrons. The standard InChI is InChI=1S/C18H23N/c1-2-3-6-15-18(16-11-7-4-8-12-16)19-17-13-9-5-10-14-17/h4-5,7-14,18-19H,2-3,6,15H2,1H3/t18-/m1/s1. The molecule has 0 heterocycles. The quantitative estimate of drug-likeness (QED) is 0.650. The largest absolute Gasteiger partial charge is 0.378 e. The van der Waals surface area contributed by atoms with E-state index in [1.165, 1.54) is 36.9 Å². The van der Waals surface area contributed by atoms with Crippen LogP contribution in [-0.4, -0.2) is 0 Å². The summed E-state index contributed by atoms with van der Waals surface area (Å²) < 4.78 is 0. The Bertz CT molecular complexity index is 450. The lowest BCUT2D eigenvalue weighted by molar-refractivity contribution is 0.606. The van der Waals surface area contributed by atoms with Gasteiger partial charge in [-0.25, -0.2) is 0 Å². The molecule has 19 heavy (non-hydrogen) atoms. The van der Waals surface area contributed by atoms with Gasteiger partial charge in [0, 0.05) is 5.69 Å². The van der Waals surface area contributed by atoms with E-state index in [-0.39, 0.29) is 0 Å². The third kappa shape index (κ3) is 4.44. The van der Waals surface area contributed by atoms with E-state index in [4.69, 9.17) is 0 Å². The molecule has 1 nitrogen and oxygen atoms in total. The van der Waals surface area contributed by atoms with Crippen LogP contribution in [-0.2, 0) is 0 Å². The van der Waals surface area contributed by atoms with Gasteiger partial charge in [0.2, 0.25) is 0 Å². The van der Waals surface area contributed by atoms with E-state index < -0.39 is 0 Å². The Morgan fingerprint density at radius 1 is 0.842 bits per heavy atom. The Balaban J connectivity index is 2.06. The van der Waals surface area contributed by atoms with Crippen LogP contribution < -0.4 is 5.32 Å². The van der Waals surface area contributed by atoms with Crippen molar-refractivity contribution in [3.05, 3.63) is 66.2 Å². The Labute approximate surface area is 116 Å². The Morgan fingerprint density at radius 3 is 2.11 bits per heavy atom. The number of nitrogens with one attached hydrogen (secondary N) is 1. The van der Waals surface area contributed by atoms with Crippen LogP contribution in [0.4, 0.5) is 5.69 Å². The molecule has 0 amide bonds. The lowest BCUT2D eigenvalue weighted by Crippen LogP contribution is -2.10. The fourth-order valence-corrected chi connectivity index (χ4v) is 2.34. The maximum atomic E-state index is 3.65. The summed E-state index contributed by atoms with van der Waals surface area (Å²) in [4.78, 5) is 0. The third-order valence-electron chi connectivity index (χ3n) is 3.41. The van der Waals surface area contributed by atoms with E-state index in [1.54, 1.807) is 0 Å². The molecule has 2 rings (SSSR count). The zero-order chi connectivity index (χ0) is 13.3. The minimum atomic E-state index is 0.412. The second kappa shape index (κ2) is 7.63. The van der Waals surface area contributed by atoms with E-state index in [9.17, 15) is 0 Å². The Morgan fingerprint density at radius 2 is 1.47 bits per heavy atom. The second-order valence-electron chi connectivity index (χ2n) is 4.97. The average Bonchev–Trinajstić information content (AvgIpc) is 2.48. The van der Waals surface area contributed by atoms with Gasteiger partial charge < -0.3 is 5.32 Å². The van der Waals surface area contributed by atoms with Gasteiger partial charge in [0.15, 0.2) is 0 Å². The van der Waals surface area contributed by atoms with Crippen molar-refractivity contribution in [3.8, 4) is 0 Å². The van der Waals surface area contributed by atoms with Gasteiger partial charge in [0.25, 0.3) is 0 Å². The minimum Gasteiger partial charge on any atom is -0.378 e. The molecule has 1 atom stereocenters. The van der Waals surface area contributed by atoms with Gasteiger partial charge in [-0.2, -0.15) is 0 Å². The van der Waals surface area contributed by atoms with Crippen molar-refractivity contribution in [3.63, 3.8) is 0 Å². The third-order valence-corrected chi connectivity index (χ3v) is 3.41. The highest BCUT2D eigenvalue weighted by atomic mass is 14.9. The molecule has 0 aliphatic heterocycles. The maximum Gasteiger partial charge on any atom is 0.0513 e. The van der Waals surface area contributed by atoms with Crippen LogP contribution in [0.5, 0.6) is 0 Å². The number of anilines is 1. The van der Waals surface area contributed by atoms with Gasteiger partial charge in [-0.05, 0) is 24.1 Å². The highest BCUT2D eigenvalue weighted by molar-refractivity contribution is 5.45. The molecule has 0 saturated carbocycles. The van der Waals surface area contributed by atoms with E-state index in [0.29, 0.717) is 6.04 Å². The number of rotatable bonds is 7. The molecule has 1 heteroatoms. The molecule has 1 N–H and O–H groups in total. The normalized spacial score (nSPS) is 12.1. The zero-order valence-electron chi connectivity index (χ0n) is 11.7. The fraction of sp³-hybridized carbons (Fsp3) is 0.333. The average molecular weight is 253 g/mol. The summed E-state index contributed by atoms with van der Waals surface area (Å²) >= 11 is 0. The molecule has 100 valence electrons. The van der Waals surface area contributed by atoms with Crippen LogP contribution in [0.1, 0.15) is 44.2 Å². The smallest absolute Gasteiger partial charge is 0.0513 e. The van der Waals surface area contributed by atoms with Gasteiger partial charge in [0.05, 0.1) is 6.04 Å². The fourth-order valence-electron chi connectivity index (χ4n) is 2.34. The Hall–Kier alpha value is -1.76. The zero-order valence-corrected chi connectivity index (χ0v) is 11.7. The van der Waals surface area contributed by atoms with Gasteiger partial charge in [-0.1, -0.05) is 74.7 Å². The van der Waals surface area contributed by atoms with Gasteiger partial charge in [-0.15, -0.1) is 0 Å². The van der Waals surface area contributed by atoms with Crippen LogP contribution in [0.3, 0.4) is 0 Å². The van der Waals surface area contributed by atoms with Crippen molar-refractivity contribution in [2.45, 2.75) is 38.6 Å². The lowest BCUT2D eigenvalue weighted by Gasteiger charge is -2.20. The molecule has 0 bridgehead atoms. The van der Waals surface area contributed by atoms with Crippen molar-refractivity contribution in [2.24, 2.45) is 0 Å². The monoisotopic (exact) mass is 253 g/mol. The molecule has 2 aromatic carbocycles. The van der Waals surface area contributed by atoms with Crippen molar-refractivity contribution >= 4 is 5.69 Å². The van der Waals surface area contributed by atoms with Crippen LogP contribution >= 0.6 is 0 Å². The summed E-state index contributed by atoms with van der Waals surface area (Å²) in [6.07, 6.45) is 5.04. The molecular formula is C18H23N. The molecule has 0 unspecified atom stereocenters. The number of para-hydroxylation sites is 1. The summed E-state index contributed by atoms with van der Waals surface area (Å²) in [7, 11) is 0. The topological polar surface area (TPSA) is 12.0 Å². The first-order valence-electron chi connectivity index (χ1n) is 7.26. The minimum absolute atomic E-state index is 0.412. The summed E-state index contributed by atoms with van der Waals surface area (Å²) in [5, 5.41) is 3.65. The van der Waals surface area contributed by atoms with E-state index >= 15 is 0 Å².